The van der Waals surface area contributed by atoms with E-state index in [1.807, 2.05) is 31.2 Å². The molecule has 18 heavy (non-hydrogen) atoms. The zero-order chi connectivity index (χ0) is 13.0. The first-order chi connectivity index (χ1) is 8.72. The topological polar surface area (TPSA) is 54.6 Å². The summed E-state index contributed by atoms with van der Waals surface area (Å²) >= 11 is 0. The molecule has 0 spiro atoms. The van der Waals surface area contributed by atoms with Crippen molar-refractivity contribution in [1.29, 1.82) is 0 Å². The number of rotatable bonds is 5. The number of aliphatic hydroxyl groups excluding tert-OH is 1. The van der Waals surface area contributed by atoms with Gasteiger partial charge in [0.2, 0.25) is 0 Å². The normalized spacial score (nSPS) is 10.4. The van der Waals surface area contributed by atoms with Gasteiger partial charge < -0.3 is 19.6 Å². The van der Waals surface area contributed by atoms with Crippen molar-refractivity contribution in [2.45, 2.75) is 20.1 Å². The summed E-state index contributed by atoms with van der Waals surface area (Å²) in [6.45, 7) is 2.54. The van der Waals surface area contributed by atoms with Crippen LogP contribution >= 0.6 is 0 Å². The number of nitrogens with one attached hydrogen (secondary N) is 1. The molecule has 4 nitrogen and oxygen atoms in total. The van der Waals surface area contributed by atoms with E-state index < -0.39 is 0 Å². The van der Waals surface area contributed by atoms with Gasteiger partial charge in [0.15, 0.2) is 0 Å². The molecule has 4 heteroatoms. The lowest BCUT2D eigenvalue weighted by Gasteiger charge is -2.09. The first kappa shape index (κ1) is 12.5. The predicted molar refractivity (Wildman–Crippen MR) is 69.7 cm³/mol. The van der Waals surface area contributed by atoms with Crippen LogP contribution in [-0.2, 0) is 13.2 Å². The maximum atomic E-state index is 8.91. The van der Waals surface area contributed by atoms with E-state index in [0.29, 0.717) is 12.3 Å². The highest BCUT2D eigenvalue weighted by atomic mass is 16.5. The third kappa shape index (κ3) is 2.84. The highest BCUT2D eigenvalue weighted by Gasteiger charge is 2.03. The van der Waals surface area contributed by atoms with Gasteiger partial charge in [-0.05, 0) is 42.8 Å². The molecule has 0 unspecified atom stereocenters. The van der Waals surface area contributed by atoms with E-state index >= 15 is 0 Å². The quantitative estimate of drug-likeness (QED) is 0.853. The molecule has 0 atom stereocenters. The number of hydrogen-bond donors (Lipinski definition) is 2. The number of hydrogen-bond acceptors (Lipinski definition) is 4. The standard InChI is InChI=1S/C14H17NO3/c1-10-7-11(17-2)5-6-14(10)15-8-12-3-4-13(9-16)18-12/h3-7,15-16H,8-9H2,1-2H3. The first-order valence-corrected chi connectivity index (χ1v) is 5.80. The zero-order valence-electron chi connectivity index (χ0n) is 10.6. The summed E-state index contributed by atoms with van der Waals surface area (Å²) in [4.78, 5) is 0. The minimum Gasteiger partial charge on any atom is -0.497 e. The molecule has 0 aliphatic heterocycles. The number of ether oxygens (including phenoxy) is 1. The Morgan fingerprint density at radius 1 is 1.22 bits per heavy atom. The van der Waals surface area contributed by atoms with Gasteiger partial charge in [0.1, 0.15) is 23.9 Å². The van der Waals surface area contributed by atoms with E-state index in [9.17, 15) is 0 Å². The van der Waals surface area contributed by atoms with Crippen molar-refractivity contribution in [3.8, 4) is 5.75 Å². The Hall–Kier alpha value is -1.94. The maximum absolute atomic E-state index is 8.91. The van der Waals surface area contributed by atoms with Crippen LogP contribution in [0.3, 0.4) is 0 Å². The minimum atomic E-state index is -0.0679. The minimum absolute atomic E-state index is 0.0679. The van der Waals surface area contributed by atoms with Gasteiger partial charge in [0, 0.05) is 5.69 Å². The van der Waals surface area contributed by atoms with E-state index in [4.69, 9.17) is 14.3 Å². The summed E-state index contributed by atoms with van der Waals surface area (Å²) in [5.74, 6) is 2.23. The molecule has 2 aromatic rings. The molecule has 2 N–H and O–H groups in total. The summed E-state index contributed by atoms with van der Waals surface area (Å²) in [6, 6.07) is 9.50. The van der Waals surface area contributed by atoms with Gasteiger partial charge >= 0.3 is 0 Å². The van der Waals surface area contributed by atoms with Crippen LogP contribution < -0.4 is 10.1 Å². The maximum Gasteiger partial charge on any atom is 0.129 e. The second kappa shape index (κ2) is 5.60. The Kier molecular flexibility index (Phi) is 3.89. The average Bonchev–Trinajstić information content (AvgIpc) is 2.85. The van der Waals surface area contributed by atoms with Crippen molar-refractivity contribution in [1.82, 2.24) is 0 Å². The van der Waals surface area contributed by atoms with Crippen LogP contribution in [0.25, 0.3) is 0 Å². The fourth-order valence-electron chi connectivity index (χ4n) is 1.75. The van der Waals surface area contributed by atoms with Crippen molar-refractivity contribution in [2.24, 2.45) is 0 Å². The van der Waals surface area contributed by atoms with Crippen molar-refractivity contribution in [3.63, 3.8) is 0 Å². The molecular formula is C14H17NO3. The Labute approximate surface area is 106 Å². The number of aryl methyl sites for hydroxylation is 1. The number of anilines is 1. The third-order valence-corrected chi connectivity index (χ3v) is 2.76. The Morgan fingerprint density at radius 2 is 2.00 bits per heavy atom. The molecular weight excluding hydrogens is 230 g/mol. The predicted octanol–water partition coefficient (Wildman–Crippen LogP) is 2.70. The van der Waals surface area contributed by atoms with Crippen LogP contribution in [0, 0.1) is 6.92 Å². The van der Waals surface area contributed by atoms with Crippen LogP contribution in [0.2, 0.25) is 0 Å². The van der Waals surface area contributed by atoms with E-state index in [-0.39, 0.29) is 6.61 Å². The number of benzene rings is 1. The summed E-state index contributed by atoms with van der Waals surface area (Å²) in [6.07, 6.45) is 0. The van der Waals surface area contributed by atoms with Gasteiger partial charge in [-0.15, -0.1) is 0 Å². The summed E-state index contributed by atoms with van der Waals surface area (Å²) in [5.41, 5.74) is 2.15. The second-order valence-electron chi connectivity index (χ2n) is 4.06. The highest BCUT2D eigenvalue weighted by molar-refractivity contribution is 5.53. The van der Waals surface area contributed by atoms with Crippen LogP contribution in [0.5, 0.6) is 5.75 Å². The number of methoxy groups -OCH3 is 1. The second-order valence-corrected chi connectivity index (χ2v) is 4.06. The molecule has 0 aliphatic rings. The van der Waals surface area contributed by atoms with Crippen LogP contribution in [-0.4, -0.2) is 12.2 Å². The van der Waals surface area contributed by atoms with Gasteiger partial charge in [-0.3, -0.25) is 0 Å². The lowest BCUT2D eigenvalue weighted by atomic mass is 10.2. The monoisotopic (exact) mass is 247 g/mol. The van der Waals surface area contributed by atoms with Gasteiger partial charge in [-0.25, -0.2) is 0 Å². The molecule has 2 rings (SSSR count). The Bertz CT molecular complexity index is 520. The summed E-state index contributed by atoms with van der Waals surface area (Å²) in [7, 11) is 1.65. The van der Waals surface area contributed by atoms with Crippen LogP contribution in [0.4, 0.5) is 5.69 Å². The molecule has 0 saturated carbocycles. The Morgan fingerprint density at radius 3 is 2.61 bits per heavy atom. The fourth-order valence-corrected chi connectivity index (χ4v) is 1.75. The van der Waals surface area contributed by atoms with Gasteiger partial charge in [0.25, 0.3) is 0 Å². The van der Waals surface area contributed by atoms with E-state index in [1.165, 1.54) is 0 Å². The molecule has 0 fully saturated rings. The smallest absolute Gasteiger partial charge is 0.129 e. The summed E-state index contributed by atoms with van der Waals surface area (Å²) in [5, 5.41) is 12.2. The molecule has 1 aromatic carbocycles. The largest absolute Gasteiger partial charge is 0.497 e. The molecule has 0 bridgehead atoms. The number of furan rings is 1. The molecule has 1 heterocycles. The van der Waals surface area contributed by atoms with Crippen molar-refractivity contribution < 1.29 is 14.3 Å². The van der Waals surface area contributed by atoms with E-state index in [1.54, 1.807) is 13.2 Å². The summed E-state index contributed by atoms with van der Waals surface area (Å²) < 4.78 is 10.6. The molecule has 1 aromatic heterocycles. The van der Waals surface area contributed by atoms with Crippen LogP contribution in [0.1, 0.15) is 17.1 Å². The molecule has 96 valence electrons. The lowest BCUT2D eigenvalue weighted by Crippen LogP contribution is -2.00. The van der Waals surface area contributed by atoms with E-state index in [0.717, 1.165) is 22.8 Å². The van der Waals surface area contributed by atoms with Crippen molar-refractivity contribution in [2.75, 3.05) is 12.4 Å². The molecule has 0 amide bonds. The van der Waals surface area contributed by atoms with Crippen LogP contribution in [0.15, 0.2) is 34.7 Å². The first-order valence-electron chi connectivity index (χ1n) is 5.80. The van der Waals surface area contributed by atoms with Gasteiger partial charge in [0.05, 0.1) is 13.7 Å². The molecule has 0 radical (unpaired) electrons. The van der Waals surface area contributed by atoms with Gasteiger partial charge in [-0.2, -0.15) is 0 Å². The SMILES string of the molecule is COc1ccc(NCc2ccc(CO)o2)c(C)c1. The lowest BCUT2D eigenvalue weighted by molar-refractivity contribution is 0.244. The fraction of sp³-hybridized carbons (Fsp3) is 0.286. The molecule has 0 saturated heterocycles. The third-order valence-electron chi connectivity index (χ3n) is 2.76. The van der Waals surface area contributed by atoms with Crippen molar-refractivity contribution in [3.05, 3.63) is 47.4 Å². The van der Waals surface area contributed by atoms with E-state index in [2.05, 4.69) is 5.32 Å². The zero-order valence-corrected chi connectivity index (χ0v) is 10.6. The average molecular weight is 247 g/mol. The highest BCUT2D eigenvalue weighted by Crippen LogP contribution is 2.21. The van der Waals surface area contributed by atoms with Crippen molar-refractivity contribution >= 4 is 5.69 Å². The Balaban J connectivity index is 2.01. The van der Waals surface area contributed by atoms with Gasteiger partial charge in [-0.1, -0.05) is 0 Å². The number of aliphatic hydroxyl groups is 1. The molecule has 0 aliphatic carbocycles.